The molecule has 124 valence electrons. The Morgan fingerprint density at radius 3 is 2.09 bits per heavy atom. The van der Waals surface area contributed by atoms with Crippen LogP contribution in [0.1, 0.15) is 16.9 Å². The van der Waals surface area contributed by atoms with Crippen LogP contribution in [-0.2, 0) is 19.1 Å². The third-order valence-electron chi connectivity index (χ3n) is 2.53. The van der Waals surface area contributed by atoms with Crippen molar-refractivity contribution >= 4 is 23.9 Å². The Hall–Kier alpha value is -3.44. The Labute approximate surface area is 125 Å². The highest BCUT2D eigenvalue weighted by atomic mass is 16.6. The Morgan fingerprint density at radius 1 is 1.04 bits per heavy atom. The third-order valence-corrected chi connectivity index (χ3v) is 2.53. The Kier molecular flexibility index (Phi) is 5.37. The van der Waals surface area contributed by atoms with E-state index in [-0.39, 0.29) is 0 Å². The van der Waals surface area contributed by atoms with E-state index >= 15 is 0 Å². The van der Waals surface area contributed by atoms with Crippen LogP contribution >= 0.6 is 0 Å². The van der Waals surface area contributed by atoms with E-state index in [0.29, 0.717) is 6.07 Å². The molecule has 0 aliphatic carbocycles. The molecule has 0 bridgehead atoms. The lowest BCUT2D eigenvalue weighted by Gasteiger charge is -2.19. The molecule has 0 saturated heterocycles. The fourth-order valence-corrected chi connectivity index (χ4v) is 1.57. The summed E-state index contributed by atoms with van der Waals surface area (Å²) in [5.41, 5.74) is -2.77. The molecule has 0 saturated carbocycles. The average Bonchev–Trinajstić information content (AvgIpc) is 2.40. The number of esters is 1. The molecule has 1 aromatic rings. The smallest absolute Gasteiger partial charge is 0.355 e. The number of nitrogens with one attached hydrogen (secondary N) is 2. The Balaban J connectivity index is 3.11. The van der Waals surface area contributed by atoms with Crippen LogP contribution in [0.5, 0.6) is 0 Å². The van der Waals surface area contributed by atoms with Crippen molar-refractivity contribution in [2.75, 3.05) is 0 Å². The van der Waals surface area contributed by atoms with Crippen LogP contribution in [0, 0.1) is 5.92 Å². The minimum atomic E-state index is -2.33. The molecule has 1 rings (SSSR count). The highest BCUT2D eigenvalue weighted by Crippen LogP contribution is 2.15. The predicted molar refractivity (Wildman–Crippen MR) is 67.9 cm³/mol. The van der Waals surface area contributed by atoms with Crippen LogP contribution in [0.3, 0.4) is 0 Å². The summed E-state index contributed by atoms with van der Waals surface area (Å²) >= 11 is 0. The van der Waals surface area contributed by atoms with E-state index in [4.69, 9.17) is 15.3 Å². The molecule has 1 aromatic heterocycles. The molecule has 12 heteroatoms. The van der Waals surface area contributed by atoms with Gasteiger partial charge in [0.2, 0.25) is 6.10 Å². The van der Waals surface area contributed by atoms with Crippen LogP contribution in [-0.4, -0.2) is 55.3 Å². The van der Waals surface area contributed by atoms with Gasteiger partial charge in [-0.15, -0.1) is 0 Å². The molecule has 0 amide bonds. The topological polar surface area (TPSA) is 204 Å². The van der Waals surface area contributed by atoms with E-state index in [1.54, 1.807) is 4.98 Å². The van der Waals surface area contributed by atoms with Gasteiger partial charge in [0, 0.05) is 6.07 Å². The second kappa shape index (κ2) is 7.02. The number of carbonyl (C=O) groups excluding carboxylic acids is 1. The number of rotatable bonds is 7. The molecule has 5 N–H and O–H groups in total. The summed E-state index contributed by atoms with van der Waals surface area (Å²) in [6.45, 7) is 0. The number of hydrogen-bond acceptors (Lipinski definition) is 7. The highest BCUT2D eigenvalue weighted by Gasteiger charge is 2.39. The van der Waals surface area contributed by atoms with Gasteiger partial charge in [0.25, 0.3) is 5.56 Å². The number of carboxylic acids is 3. The molecule has 0 aromatic carbocycles. The maximum Gasteiger partial charge on any atom is 0.355 e. The second-order valence-electron chi connectivity index (χ2n) is 4.21. The van der Waals surface area contributed by atoms with Crippen molar-refractivity contribution < 1.29 is 39.2 Å². The molecular formula is C11H10N2O10. The first-order valence-electron chi connectivity index (χ1n) is 5.84. The Bertz CT molecular complexity index is 732. The lowest BCUT2D eigenvalue weighted by atomic mass is 9.98. The number of aromatic nitrogens is 2. The summed E-state index contributed by atoms with van der Waals surface area (Å²) in [7, 11) is 0. The molecule has 1 heterocycles. The van der Waals surface area contributed by atoms with Crippen molar-refractivity contribution in [2.45, 2.75) is 12.5 Å². The van der Waals surface area contributed by atoms with Gasteiger partial charge < -0.3 is 25.0 Å². The standard InChI is InChI=1S/C11H10N2O10/c14-5-2-4(12-11(22)13-5)10(21)23-7(9(19)20)3(8(17)18)1-6(15)16/h2-3,7H,1H2,(H,15,16)(H,17,18)(H,19,20)(H2,12,13,14,22). The monoisotopic (exact) mass is 330 g/mol. The van der Waals surface area contributed by atoms with Gasteiger partial charge in [-0.1, -0.05) is 0 Å². The third kappa shape index (κ3) is 4.80. The largest absolute Gasteiger partial charge is 0.481 e. The Morgan fingerprint density at radius 2 is 1.65 bits per heavy atom. The van der Waals surface area contributed by atoms with Gasteiger partial charge in [0.05, 0.1) is 6.42 Å². The minimum Gasteiger partial charge on any atom is -0.481 e. The van der Waals surface area contributed by atoms with Gasteiger partial charge in [-0.25, -0.2) is 14.4 Å². The van der Waals surface area contributed by atoms with Crippen LogP contribution in [0.2, 0.25) is 0 Å². The number of aromatic amines is 2. The average molecular weight is 330 g/mol. The van der Waals surface area contributed by atoms with Crippen molar-refractivity contribution in [3.8, 4) is 0 Å². The van der Waals surface area contributed by atoms with Gasteiger partial charge in [0.1, 0.15) is 11.6 Å². The summed E-state index contributed by atoms with van der Waals surface area (Å²) in [6, 6.07) is 0.593. The van der Waals surface area contributed by atoms with E-state index in [1.165, 1.54) is 0 Å². The number of hydrogen-bond donors (Lipinski definition) is 5. The first-order chi connectivity index (χ1) is 10.6. The number of aliphatic carboxylic acids is 3. The number of ether oxygens (including phenoxy) is 1. The lowest BCUT2D eigenvalue weighted by molar-refractivity contribution is -0.162. The molecule has 12 nitrogen and oxygen atoms in total. The number of carboxylic acid groups (broad SMARTS) is 3. The van der Waals surface area contributed by atoms with Gasteiger partial charge in [-0.05, 0) is 0 Å². The first kappa shape index (κ1) is 17.6. The van der Waals surface area contributed by atoms with E-state index in [0.717, 1.165) is 0 Å². The lowest BCUT2D eigenvalue weighted by Crippen LogP contribution is -2.40. The van der Waals surface area contributed by atoms with Crippen molar-refractivity contribution in [3.63, 3.8) is 0 Å². The highest BCUT2D eigenvalue weighted by molar-refractivity contribution is 5.91. The van der Waals surface area contributed by atoms with Gasteiger partial charge >= 0.3 is 29.6 Å². The SMILES string of the molecule is O=C(O)CC(C(=O)O)C(OC(=O)c1cc(=O)[nH]c(=O)[nH]1)C(=O)O. The molecular weight excluding hydrogens is 320 g/mol. The molecule has 0 aliphatic heterocycles. The summed E-state index contributed by atoms with van der Waals surface area (Å²) in [5, 5.41) is 26.4. The second-order valence-corrected chi connectivity index (χ2v) is 4.21. The summed E-state index contributed by atoms with van der Waals surface area (Å²) in [4.78, 5) is 70.0. The van der Waals surface area contributed by atoms with Crippen LogP contribution < -0.4 is 11.2 Å². The molecule has 0 fully saturated rings. The normalized spacial score (nSPS) is 12.9. The maximum atomic E-state index is 11.7. The van der Waals surface area contributed by atoms with E-state index in [1.807, 2.05) is 4.98 Å². The zero-order valence-corrected chi connectivity index (χ0v) is 11.1. The fourth-order valence-electron chi connectivity index (χ4n) is 1.57. The van der Waals surface area contributed by atoms with E-state index in [9.17, 15) is 28.8 Å². The summed E-state index contributed by atoms with van der Waals surface area (Å²) < 4.78 is 4.43. The number of H-pyrrole nitrogens is 2. The number of carbonyl (C=O) groups is 4. The van der Waals surface area contributed by atoms with Crippen molar-refractivity contribution in [2.24, 2.45) is 5.92 Å². The molecule has 2 atom stereocenters. The van der Waals surface area contributed by atoms with Crippen LogP contribution in [0.15, 0.2) is 15.7 Å². The predicted octanol–water partition coefficient (Wildman–Crippen LogP) is -2.15. The van der Waals surface area contributed by atoms with Gasteiger partial charge in [0.15, 0.2) is 0 Å². The van der Waals surface area contributed by atoms with Crippen LogP contribution in [0.25, 0.3) is 0 Å². The zero-order valence-electron chi connectivity index (χ0n) is 11.1. The molecule has 2 unspecified atom stereocenters. The zero-order chi connectivity index (χ0) is 17.7. The first-order valence-corrected chi connectivity index (χ1v) is 5.84. The van der Waals surface area contributed by atoms with Crippen LogP contribution in [0.4, 0.5) is 0 Å². The van der Waals surface area contributed by atoms with E-state index in [2.05, 4.69) is 4.74 Å². The fraction of sp³-hybridized carbons (Fsp3) is 0.273. The van der Waals surface area contributed by atoms with Crippen molar-refractivity contribution in [3.05, 3.63) is 32.6 Å². The van der Waals surface area contributed by atoms with Gasteiger partial charge in [-0.2, -0.15) is 0 Å². The van der Waals surface area contributed by atoms with Gasteiger partial charge in [-0.3, -0.25) is 19.4 Å². The van der Waals surface area contributed by atoms with E-state index < -0.39 is 59.3 Å². The molecule has 23 heavy (non-hydrogen) atoms. The molecule has 0 radical (unpaired) electrons. The molecule has 0 spiro atoms. The molecule has 0 aliphatic rings. The maximum absolute atomic E-state index is 11.7. The summed E-state index contributed by atoms with van der Waals surface area (Å²) in [6.07, 6.45) is -3.45. The van der Waals surface area contributed by atoms with Crippen molar-refractivity contribution in [1.82, 2.24) is 9.97 Å². The quantitative estimate of drug-likeness (QED) is 0.343. The van der Waals surface area contributed by atoms with Crippen molar-refractivity contribution in [1.29, 1.82) is 0 Å². The minimum absolute atomic E-state index is 0.593. The summed E-state index contributed by atoms with van der Waals surface area (Å²) in [5.74, 6) is -8.91.